The summed E-state index contributed by atoms with van der Waals surface area (Å²) in [6.45, 7) is 6.33. The Bertz CT molecular complexity index is 781. The number of nitrogens with one attached hydrogen (secondary N) is 1. The minimum absolute atomic E-state index is 0.130. The predicted molar refractivity (Wildman–Crippen MR) is 104 cm³/mol. The third-order valence-corrected chi connectivity index (χ3v) is 4.52. The molecule has 0 radical (unpaired) electrons. The van der Waals surface area contributed by atoms with Gasteiger partial charge in [-0.3, -0.25) is 9.59 Å². The van der Waals surface area contributed by atoms with Crippen molar-refractivity contribution < 1.29 is 23.5 Å². The Hall–Kier alpha value is -2.35. The van der Waals surface area contributed by atoms with Crippen LogP contribution in [0.25, 0.3) is 0 Å². The van der Waals surface area contributed by atoms with Crippen LogP contribution in [0.4, 0.5) is 10.1 Å². The van der Waals surface area contributed by atoms with Crippen LogP contribution < -0.4 is 11.1 Å². The number of anilines is 1. The quantitative estimate of drug-likeness (QED) is 0.582. The van der Waals surface area contributed by atoms with Crippen molar-refractivity contribution in [1.29, 1.82) is 0 Å². The number of carbonyl (C=O) groups is 3. The summed E-state index contributed by atoms with van der Waals surface area (Å²) in [5.41, 5.74) is 5.42. The fourth-order valence-electron chi connectivity index (χ4n) is 2.88. The minimum atomic E-state index is -1.33. The molecule has 0 aromatic heterocycles. The highest BCUT2D eigenvalue weighted by Crippen LogP contribution is 2.24. The number of nitrogens with two attached hydrogens (primary N) is 1. The first-order chi connectivity index (χ1) is 12.9. The van der Waals surface area contributed by atoms with Crippen molar-refractivity contribution in [2.24, 2.45) is 0 Å². The molecule has 1 saturated heterocycles. The van der Waals surface area contributed by atoms with Gasteiger partial charge >= 0.3 is 5.97 Å². The lowest BCUT2D eigenvalue weighted by Gasteiger charge is -2.29. The van der Waals surface area contributed by atoms with Gasteiger partial charge in [0.05, 0.1) is 17.3 Å². The Balaban J connectivity index is 2.08. The number of likely N-dealkylation sites (tertiary alicyclic amines) is 1. The smallest absolute Gasteiger partial charge is 0.329 e. The fraction of sp³-hybridized carbons (Fsp3) is 0.526. The molecule has 3 atom stereocenters. The first-order valence-electron chi connectivity index (χ1n) is 8.92. The van der Waals surface area contributed by atoms with E-state index in [1.807, 2.05) is 0 Å². The monoisotopic (exact) mass is 413 g/mol. The van der Waals surface area contributed by atoms with E-state index in [2.05, 4.69) is 5.32 Å². The summed E-state index contributed by atoms with van der Waals surface area (Å²) in [4.78, 5) is 38.6. The molecule has 3 unspecified atom stereocenters. The van der Waals surface area contributed by atoms with Gasteiger partial charge < -0.3 is 20.7 Å². The molecule has 2 rings (SSSR count). The lowest BCUT2D eigenvalue weighted by Crippen LogP contribution is -2.51. The van der Waals surface area contributed by atoms with E-state index in [-0.39, 0.29) is 23.6 Å². The van der Waals surface area contributed by atoms with E-state index in [0.717, 1.165) is 4.90 Å². The highest BCUT2D eigenvalue weighted by Gasteiger charge is 2.43. The number of nitrogen functional groups attached to an aromatic ring is 1. The molecule has 1 heterocycles. The molecule has 0 bridgehead atoms. The van der Waals surface area contributed by atoms with E-state index in [9.17, 15) is 18.8 Å². The molecule has 1 aromatic carbocycles. The number of nitrogens with zero attached hydrogens (tertiary/aromatic N) is 1. The molecule has 154 valence electrons. The molecule has 2 amide bonds. The summed E-state index contributed by atoms with van der Waals surface area (Å²) >= 11 is 5.91. The maximum Gasteiger partial charge on any atom is 0.329 e. The van der Waals surface area contributed by atoms with Gasteiger partial charge in [-0.25, -0.2) is 9.18 Å². The molecule has 0 saturated carbocycles. The predicted octanol–water partition coefficient (Wildman–Crippen LogP) is 2.32. The Morgan fingerprint density at radius 1 is 1.36 bits per heavy atom. The van der Waals surface area contributed by atoms with Gasteiger partial charge in [-0.1, -0.05) is 11.6 Å². The molecule has 0 spiro atoms. The number of hydrogen-bond acceptors (Lipinski definition) is 5. The second-order valence-electron chi connectivity index (χ2n) is 7.80. The Morgan fingerprint density at radius 3 is 2.57 bits per heavy atom. The number of halogens is 2. The van der Waals surface area contributed by atoms with Gasteiger partial charge in [0.25, 0.3) is 5.91 Å². The zero-order valence-corrected chi connectivity index (χ0v) is 17.0. The second kappa shape index (κ2) is 8.34. The molecule has 7 nitrogen and oxygen atoms in total. The fourth-order valence-corrected chi connectivity index (χ4v) is 3.06. The molecular weight excluding hydrogens is 389 g/mol. The van der Waals surface area contributed by atoms with Gasteiger partial charge in [0.15, 0.2) is 0 Å². The van der Waals surface area contributed by atoms with Gasteiger partial charge in [0.2, 0.25) is 5.91 Å². The number of benzene rings is 1. The van der Waals surface area contributed by atoms with Gasteiger partial charge in [0.1, 0.15) is 23.9 Å². The van der Waals surface area contributed by atoms with Crippen LogP contribution >= 0.6 is 11.6 Å². The number of rotatable bonds is 4. The zero-order valence-electron chi connectivity index (χ0n) is 16.3. The van der Waals surface area contributed by atoms with E-state index >= 15 is 0 Å². The van der Waals surface area contributed by atoms with Gasteiger partial charge in [-0.15, -0.1) is 0 Å². The van der Waals surface area contributed by atoms with E-state index in [1.54, 1.807) is 20.8 Å². The lowest BCUT2D eigenvalue weighted by molar-refractivity contribution is -0.163. The number of alkyl halides is 1. The van der Waals surface area contributed by atoms with Crippen molar-refractivity contribution in [3.63, 3.8) is 0 Å². The maximum atomic E-state index is 13.9. The molecule has 28 heavy (non-hydrogen) atoms. The van der Waals surface area contributed by atoms with E-state index < -0.39 is 41.6 Å². The number of hydrogen-bond donors (Lipinski definition) is 2. The van der Waals surface area contributed by atoms with E-state index in [1.165, 1.54) is 25.1 Å². The number of carbonyl (C=O) groups excluding carboxylic acids is 3. The van der Waals surface area contributed by atoms with Gasteiger partial charge in [0, 0.05) is 12.0 Å². The van der Waals surface area contributed by atoms with Crippen molar-refractivity contribution >= 4 is 35.1 Å². The molecule has 1 aliphatic rings. The molecule has 1 aromatic rings. The third-order valence-electron chi connectivity index (χ3n) is 4.19. The first kappa shape index (κ1) is 21.9. The Labute approximate surface area is 168 Å². The zero-order chi connectivity index (χ0) is 21.2. The third kappa shape index (κ3) is 5.34. The number of esters is 1. The van der Waals surface area contributed by atoms with Crippen molar-refractivity contribution in [3.8, 4) is 0 Å². The van der Waals surface area contributed by atoms with E-state index in [4.69, 9.17) is 22.1 Å². The summed E-state index contributed by atoms with van der Waals surface area (Å²) in [7, 11) is 0. The van der Waals surface area contributed by atoms with Crippen LogP contribution in [0, 0.1) is 0 Å². The molecule has 1 aliphatic heterocycles. The van der Waals surface area contributed by atoms with Crippen LogP contribution in [0.2, 0.25) is 5.02 Å². The Kier molecular flexibility index (Phi) is 6.54. The molecule has 0 aliphatic carbocycles. The summed E-state index contributed by atoms with van der Waals surface area (Å²) in [6.07, 6.45) is -1.46. The van der Waals surface area contributed by atoms with Crippen LogP contribution in [0.3, 0.4) is 0 Å². The second-order valence-corrected chi connectivity index (χ2v) is 8.21. The lowest BCUT2D eigenvalue weighted by atomic mass is 10.1. The van der Waals surface area contributed by atoms with Gasteiger partial charge in [-0.2, -0.15) is 0 Å². The SMILES string of the molecule is CC(NC(=O)c1ccc(N)c(Cl)c1)C(=O)N1CC(F)CC1C(=O)OC(C)(C)C. The van der Waals surface area contributed by atoms with Crippen LogP contribution in [0.1, 0.15) is 44.5 Å². The van der Waals surface area contributed by atoms with Crippen LogP contribution in [0.5, 0.6) is 0 Å². The highest BCUT2D eigenvalue weighted by atomic mass is 35.5. The summed E-state index contributed by atoms with van der Waals surface area (Å²) in [6, 6.07) is 2.35. The standard InChI is InChI=1S/C19H25ClFN3O4/c1-10(23-16(25)11-5-6-14(22)13(20)7-11)17(26)24-9-12(21)8-15(24)18(27)28-19(2,3)4/h5-7,10,12,15H,8-9,22H2,1-4H3,(H,23,25). The number of ether oxygens (including phenoxy) is 1. The molecular formula is C19H25ClFN3O4. The largest absolute Gasteiger partial charge is 0.458 e. The first-order valence-corrected chi connectivity index (χ1v) is 9.30. The average Bonchev–Trinajstić information content (AvgIpc) is 2.97. The number of amides is 2. The summed E-state index contributed by atoms with van der Waals surface area (Å²) in [5, 5.41) is 2.76. The highest BCUT2D eigenvalue weighted by molar-refractivity contribution is 6.33. The summed E-state index contributed by atoms with van der Waals surface area (Å²) < 4.78 is 19.2. The van der Waals surface area contributed by atoms with Crippen LogP contribution in [-0.4, -0.2) is 53.1 Å². The Morgan fingerprint density at radius 2 is 2.00 bits per heavy atom. The topological polar surface area (TPSA) is 102 Å². The van der Waals surface area contributed by atoms with Crippen molar-refractivity contribution in [3.05, 3.63) is 28.8 Å². The average molecular weight is 414 g/mol. The molecule has 3 N–H and O–H groups in total. The minimum Gasteiger partial charge on any atom is -0.458 e. The van der Waals surface area contributed by atoms with Crippen LogP contribution in [0.15, 0.2) is 18.2 Å². The molecule has 9 heteroatoms. The van der Waals surface area contributed by atoms with Crippen LogP contribution in [-0.2, 0) is 14.3 Å². The normalized spacial score (nSPS) is 20.6. The maximum absolute atomic E-state index is 13.9. The van der Waals surface area contributed by atoms with Crippen molar-refractivity contribution in [1.82, 2.24) is 10.2 Å². The van der Waals surface area contributed by atoms with Gasteiger partial charge in [-0.05, 0) is 45.9 Å². The van der Waals surface area contributed by atoms with E-state index in [0.29, 0.717) is 5.69 Å². The van der Waals surface area contributed by atoms with Crippen molar-refractivity contribution in [2.45, 2.75) is 58.0 Å². The summed E-state index contributed by atoms with van der Waals surface area (Å²) in [5.74, 6) is -1.76. The molecule has 1 fully saturated rings. The van der Waals surface area contributed by atoms with Crippen molar-refractivity contribution in [2.75, 3.05) is 12.3 Å².